The Bertz CT molecular complexity index is 581. The zero-order chi connectivity index (χ0) is 16.8. The molecule has 0 spiro atoms. The van der Waals surface area contributed by atoms with Crippen molar-refractivity contribution < 1.29 is 22.7 Å². The van der Waals surface area contributed by atoms with Gasteiger partial charge < -0.3 is 10.1 Å². The summed E-state index contributed by atoms with van der Waals surface area (Å²) >= 11 is 0. The first-order valence-electron chi connectivity index (χ1n) is 6.56. The van der Waals surface area contributed by atoms with E-state index in [1.54, 1.807) is 20.8 Å². The normalized spacial score (nSPS) is 11.4. The van der Waals surface area contributed by atoms with Gasteiger partial charge in [0.2, 0.25) is 0 Å². The molecule has 0 saturated heterocycles. The number of hydrogen-bond acceptors (Lipinski definition) is 3. The molecule has 0 aliphatic heterocycles. The van der Waals surface area contributed by atoms with E-state index in [9.17, 15) is 18.0 Å². The highest BCUT2D eigenvalue weighted by Crippen LogP contribution is 2.30. The van der Waals surface area contributed by atoms with Crippen molar-refractivity contribution in [2.75, 3.05) is 6.54 Å². The van der Waals surface area contributed by atoms with Gasteiger partial charge in [-0.15, -0.1) is 0 Å². The molecule has 1 N–H and O–H groups in total. The maximum absolute atomic E-state index is 12.7. The van der Waals surface area contributed by atoms with Gasteiger partial charge in [0, 0.05) is 25.4 Å². The molecule has 0 aliphatic carbocycles. The van der Waals surface area contributed by atoms with Crippen LogP contribution in [0, 0.1) is 11.8 Å². The molecule has 120 valence electrons. The molecule has 0 aromatic carbocycles. The molecule has 0 unspecified atom stereocenters. The third kappa shape index (κ3) is 6.48. The first-order chi connectivity index (χ1) is 10.1. The Kier molecular flexibility index (Phi) is 5.80. The standard InChI is InChI=1S/C15H17F3N2O2/c1-14(2,3)22-13(21)20-8-5-4-6-11-10-19-9-7-12(11)15(16,17)18/h7,9-10H,5,8H2,1-3H3,(H,20,21). The highest BCUT2D eigenvalue weighted by molar-refractivity contribution is 5.67. The Morgan fingerprint density at radius 2 is 2.05 bits per heavy atom. The lowest BCUT2D eigenvalue weighted by atomic mass is 10.1. The summed E-state index contributed by atoms with van der Waals surface area (Å²) in [6, 6.07) is 0.878. The fourth-order valence-corrected chi connectivity index (χ4v) is 1.44. The number of rotatable bonds is 2. The van der Waals surface area contributed by atoms with E-state index in [2.05, 4.69) is 22.1 Å². The summed E-state index contributed by atoms with van der Waals surface area (Å²) in [6.07, 6.45) is -2.73. The molecule has 1 aromatic heterocycles. The number of ether oxygens (including phenoxy) is 1. The number of amides is 1. The Balaban J connectivity index is 2.55. The summed E-state index contributed by atoms with van der Waals surface area (Å²) in [7, 11) is 0. The van der Waals surface area contributed by atoms with Gasteiger partial charge in [0.1, 0.15) is 5.60 Å². The molecule has 1 amide bonds. The van der Waals surface area contributed by atoms with Crippen LogP contribution < -0.4 is 5.32 Å². The van der Waals surface area contributed by atoms with Gasteiger partial charge in [-0.25, -0.2) is 4.79 Å². The van der Waals surface area contributed by atoms with Crippen molar-refractivity contribution in [2.45, 2.75) is 39.0 Å². The van der Waals surface area contributed by atoms with Crippen LogP contribution in [0.1, 0.15) is 38.3 Å². The van der Waals surface area contributed by atoms with Gasteiger partial charge in [0.05, 0.1) is 11.1 Å². The van der Waals surface area contributed by atoms with Crippen LogP contribution in [0.3, 0.4) is 0 Å². The van der Waals surface area contributed by atoms with Crippen LogP contribution in [0.25, 0.3) is 0 Å². The lowest BCUT2D eigenvalue weighted by Gasteiger charge is -2.19. The number of aromatic nitrogens is 1. The van der Waals surface area contributed by atoms with E-state index in [0.29, 0.717) is 0 Å². The average Bonchev–Trinajstić information content (AvgIpc) is 2.35. The van der Waals surface area contributed by atoms with Crippen molar-refractivity contribution in [2.24, 2.45) is 0 Å². The van der Waals surface area contributed by atoms with Gasteiger partial charge in [-0.3, -0.25) is 4.98 Å². The Labute approximate surface area is 127 Å². The number of nitrogens with zero attached hydrogens (tertiary/aromatic N) is 1. The molecular formula is C15H17F3N2O2. The summed E-state index contributed by atoms with van der Waals surface area (Å²) in [6.45, 7) is 5.37. The SMILES string of the molecule is CC(C)(C)OC(=O)NCCC#Cc1cnccc1C(F)(F)F. The fraction of sp³-hybridized carbons (Fsp3) is 0.467. The lowest BCUT2D eigenvalue weighted by Crippen LogP contribution is -2.32. The molecule has 0 radical (unpaired) electrons. The molecule has 0 atom stereocenters. The lowest BCUT2D eigenvalue weighted by molar-refractivity contribution is -0.137. The highest BCUT2D eigenvalue weighted by Gasteiger charge is 2.32. The van der Waals surface area contributed by atoms with Crippen LogP contribution >= 0.6 is 0 Å². The Morgan fingerprint density at radius 1 is 1.36 bits per heavy atom. The van der Waals surface area contributed by atoms with Gasteiger partial charge in [0.25, 0.3) is 0 Å². The second-order valence-corrected chi connectivity index (χ2v) is 5.40. The number of carbonyl (C=O) groups excluding carboxylic acids is 1. The van der Waals surface area contributed by atoms with Gasteiger partial charge in [-0.1, -0.05) is 11.8 Å². The van der Waals surface area contributed by atoms with Gasteiger partial charge in [0.15, 0.2) is 0 Å². The van der Waals surface area contributed by atoms with Crippen LogP contribution in [0.15, 0.2) is 18.5 Å². The second-order valence-electron chi connectivity index (χ2n) is 5.40. The number of hydrogen-bond donors (Lipinski definition) is 1. The fourth-order valence-electron chi connectivity index (χ4n) is 1.44. The molecule has 0 aliphatic rings. The van der Waals surface area contributed by atoms with Crippen LogP contribution in [-0.4, -0.2) is 23.2 Å². The molecular weight excluding hydrogens is 297 g/mol. The zero-order valence-corrected chi connectivity index (χ0v) is 12.5. The molecule has 4 nitrogen and oxygen atoms in total. The number of alkyl carbamates (subject to hydrolysis) is 1. The van der Waals surface area contributed by atoms with Crippen LogP contribution in [0.5, 0.6) is 0 Å². The third-order valence-corrected chi connectivity index (χ3v) is 2.27. The van der Waals surface area contributed by atoms with Crippen molar-refractivity contribution in [1.82, 2.24) is 10.3 Å². The van der Waals surface area contributed by atoms with Crippen molar-refractivity contribution in [1.29, 1.82) is 0 Å². The molecule has 1 heterocycles. The number of alkyl halides is 3. The first-order valence-corrected chi connectivity index (χ1v) is 6.56. The van der Waals surface area contributed by atoms with Crippen LogP contribution in [0.4, 0.5) is 18.0 Å². The van der Waals surface area contributed by atoms with Crippen molar-refractivity contribution >= 4 is 6.09 Å². The first kappa shape index (κ1) is 17.8. The van der Waals surface area contributed by atoms with Crippen LogP contribution in [-0.2, 0) is 10.9 Å². The smallest absolute Gasteiger partial charge is 0.417 e. The Hall–Kier alpha value is -2.23. The minimum Gasteiger partial charge on any atom is -0.444 e. The topological polar surface area (TPSA) is 51.2 Å². The van der Waals surface area contributed by atoms with Crippen molar-refractivity contribution in [3.8, 4) is 11.8 Å². The van der Waals surface area contributed by atoms with E-state index in [0.717, 1.165) is 18.5 Å². The minimum atomic E-state index is -4.47. The zero-order valence-electron chi connectivity index (χ0n) is 12.5. The molecule has 0 saturated carbocycles. The summed E-state index contributed by atoms with van der Waals surface area (Å²) in [5, 5.41) is 2.47. The molecule has 1 rings (SSSR count). The largest absolute Gasteiger partial charge is 0.444 e. The monoisotopic (exact) mass is 314 g/mol. The summed E-state index contributed by atoms with van der Waals surface area (Å²) in [5.74, 6) is 4.99. The van der Waals surface area contributed by atoms with Crippen LogP contribution in [0.2, 0.25) is 0 Å². The molecule has 1 aromatic rings. The quantitative estimate of drug-likeness (QED) is 0.672. The van der Waals surface area contributed by atoms with E-state index in [4.69, 9.17) is 4.74 Å². The number of halogens is 3. The van der Waals surface area contributed by atoms with E-state index in [1.807, 2.05) is 0 Å². The van der Waals surface area contributed by atoms with E-state index in [1.165, 1.54) is 0 Å². The minimum absolute atomic E-state index is 0.184. The van der Waals surface area contributed by atoms with E-state index in [-0.39, 0.29) is 18.5 Å². The molecule has 7 heteroatoms. The average molecular weight is 314 g/mol. The van der Waals surface area contributed by atoms with Crippen molar-refractivity contribution in [3.63, 3.8) is 0 Å². The van der Waals surface area contributed by atoms with E-state index < -0.39 is 23.4 Å². The van der Waals surface area contributed by atoms with Gasteiger partial charge >= 0.3 is 12.3 Å². The number of pyridine rings is 1. The maximum Gasteiger partial charge on any atom is 0.417 e. The van der Waals surface area contributed by atoms with Gasteiger partial charge in [-0.2, -0.15) is 13.2 Å². The molecule has 22 heavy (non-hydrogen) atoms. The summed E-state index contributed by atoms with van der Waals surface area (Å²) < 4.78 is 43.2. The molecule has 0 bridgehead atoms. The van der Waals surface area contributed by atoms with E-state index >= 15 is 0 Å². The maximum atomic E-state index is 12.7. The predicted octanol–water partition coefficient (Wildman–Crippen LogP) is 3.37. The third-order valence-electron chi connectivity index (χ3n) is 2.27. The van der Waals surface area contributed by atoms with Gasteiger partial charge in [-0.05, 0) is 26.8 Å². The number of carbonyl (C=O) groups is 1. The number of nitrogens with one attached hydrogen (secondary N) is 1. The highest BCUT2D eigenvalue weighted by atomic mass is 19.4. The summed E-state index contributed by atoms with van der Waals surface area (Å²) in [5.41, 5.74) is -1.62. The Morgan fingerprint density at radius 3 is 2.64 bits per heavy atom. The second kappa shape index (κ2) is 7.16. The summed E-state index contributed by atoms with van der Waals surface area (Å²) in [4.78, 5) is 15.0. The van der Waals surface area contributed by atoms with Crippen molar-refractivity contribution in [3.05, 3.63) is 29.6 Å². The molecule has 0 fully saturated rings. The predicted molar refractivity (Wildman–Crippen MR) is 75.0 cm³/mol.